The summed E-state index contributed by atoms with van der Waals surface area (Å²) in [4.78, 5) is 43.2. The van der Waals surface area contributed by atoms with Crippen molar-refractivity contribution >= 4 is 34.7 Å². The number of Topliss-reactive ketones (excluding diaryl/α,β-unsaturated/α-hetero) is 1. The van der Waals surface area contributed by atoms with Crippen molar-refractivity contribution in [3.8, 4) is 0 Å². The molecule has 0 radical (unpaired) electrons. The van der Waals surface area contributed by atoms with Crippen LogP contribution in [0.4, 0.5) is 5.69 Å². The molecule has 0 bridgehead atoms. The van der Waals surface area contributed by atoms with Gasteiger partial charge >= 0.3 is 11.9 Å². The molecule has 1 aromatic heterocycles. The van der Waals surface area contributed by atoms with Gasteiger partial charge in [0.25, 0.3) is 0 Å². The van der Waals surface area contributed by atoms with Gasteiger partial charge in [0.2, 0.25) is 0 Å². The van der Waals surface area contributed by atoms with Crippen LogP contribution in [0.3, 0.4) is 0 Å². The quantitative estimate of drug-likeness (QED) is 0.435. The predicted octanol–water partition coefficient (Wildman–Crippen LogP) is 4.53. The van der Waals surface area contributed by atoms with E-state index < -0.39 is 23.8 Å². The van der Waals surface area contributed by atoms with Crippen molar-refractivity contribution in [2.24, 2.45) is 5.92 Å². The zero-order valence-corrected chi connectivity index (χ0v) is 22.1. The van der Waals surface area contributed by atoms with Crippen LogP contribution in [0.25, 0.3) is 0 Å². The van der Waals surface area contributed by atoms with Gasteiger partial charge in [0, 0.05) is 52.5 Å². The fraction of sp³-hybridized carbons (Fsp3) is 0.393. The fourth-order valence-corrected chi connectivity index (χ4v) is 6.25. The first-order valence-corrected chi connectivity index (χ1v) is 13.0. The Labute approximate surface area is 215 Å². The number of hydrogen-bond donors (Lipinski definition) is 1. The molecular formula is C28H32N2O5S. The van der Waals surface area contributed by atoms with Crippen molar-refractivity contribution in [2.45, 2.75) is 39.0 Å². The van der Waals surface area contributed by atoms with E-state index in [-0.39, 0.29) is 11.7 Å². The molecule has 0 amide bonds. The number of thiophene rings is 1. The molecule has 36 heavy (non-hydrogen) atoms. The van der Waals surface area contributed by atoms with Gasteiger partial charge in [-0.15, -0.1) is 11.3 Å². The van der Waals surface area contributed by atoms with Crippen LogP contribution in [0.1, 0.15) is 49.5 Å². The summed E-state index contributed by atoms with van der Waals surface area (Å²) in [5, 5.41) is 5.25. The van der Waals surface area contributed by atoms with Crippen LogP contribution in [0.2, 0.25) is 0 Å². The Morgan fingerprint density at radius 2 is 1.78 bits per heavy atom. The molecule has 3 unspecified atom stereocenters. The summed E-state index contributed by atoms with van der Waals surface area (Å²) in [6.07, 6.45) is 0.460. The molecule has 8 heteroatoms. The first-order valence-electron chi connectivity index (χ1n) is 12.2. The number of anilines is 1. The smallest absolute Gasteiger partial charge is 0.336 e. The maximum atomic E-state index is 14.1. The van der Waals surface area contributed by atoms with Crippen LogP contribution in [0.15, 0.2) is 64.3 Å². The third kappa shape index (κ3) is 4.46. The Bertz CT molecular complexity index is 1210. The normalized spacial score (nSPS) is 21.6. The number of carbonyl (C=O) groups excluding carboxylic acids is 3. The monoisotopic (exact) mass is 508 g/mol. The zero-order chi connectivity index (χ0) is 26.0. The largest absolute Gasteiger partial charge is 0.468 e. The molecule has 1 aliphatic carbocycles. The SMILES string of the molecule is CCN(CC)c1ccc(C2C(C(=O)OC)=C(C)NC3=C2C(=O)C(C(=O)OC)C(c2cccs2)C3)cc1. The second-order valence-electron chi connectivity index (χ2n) is 8.94. The standard InChI is InChI=1S/C28H32N2O5S/c1-6-30(7-2)18-12-10-17(11-13-18)23-22(27(32)34-4)16(3)29-20-15-19(21-9-8-14-36-21)24(28(33)35-5)26(31)25(20)23/h8-14,19,23-24,29H,6-7,15H2,1-5H3. The maximum absolute atomic E-state index is 14.1. The third-order valence-electron chi connectivity index (χ3n) is 7.14. The molecule has 190 valence electrons. The molecule has 2 heterocycles. The minimum atomic E-state index is -0.982. The molecular weight excluding hydrogens is 476 g/mol. The van der Waals surface area contributed by atoms with Gasteiger partial charge in [-0.1, -0.05) is 18.2 Å². The van der Waals surface area contributed by atoms with Gasteiger partial charge in [0.15, 0.2) is 5.78 Å². The number of allylic oxidation sites excluding steroid dienone is 3. The lowest BCUT2D eigenvalue weighted by Crippen LogP contribution is -2.43. The van der Waals surface area contributed by atoms with Gasteiger partial charge < -0.3 is 19.7 Å². The molecule has 2 aliphatic rings. The number of benzene rings is 1. The van der Waals surface area contributed by atoms with Crippen LogP contribution in [-0.4, -0.2) is 45.0 Å². The fourth-order valence-electron chi connectivity index (χ4n) is 5.38. The van der Waals surface area contributed by atoms with Crippen LogP contribution in [0, 0.1) is 5.92 Å². The number of nitrogens with one attached hydrogen (secondary N) is 1. The van der Waals surface area contributed by atoms with Gasteiger partial charge in [-0.3, -0.25) is 9.59 Å². The predicted molar refractivity (Wildman–Crippen MR) is 140 cm³/mol. The molecule has 0 saturated carbocycles. The van der Waals surface area contributed by atoms with Gasteiger partial charge in [0.1, 0.15) is 5.92 Å². The lowest BCUT2D eigenvalue weighted by Gasteiger charge is -2.39. The van der Waals surface area contributed by atoms with Crippen molar-refractivity contribution in [3.63, 3.8) is 0 Å². The van der Waals surface area contributed by atoms with Gasteiger partial charge in [-0.25, -0.2) is 4.79 Å². The van der Waals surface area contributed by atoms with Crippen LogP contribution in [-0.2, 0) is 23.9 Å². The zero-order valence-electron chi connectivity index (χ0n) is 21.3. The Morgan fingerprint density at radius 1 is 1.08 bits per heavy atom. The second-order valence-corrected chi connectivity index (χ2v) is 9.91. The van der Waals surface area contributed by atoms with E-state index in [2.05, 4.69) is 24.1 Å². The minimum Gasteiger partial charge on any atom is -0.468 e. The van der Waals surface area contributed by atoms with Gasteiger partial charge in [0.05, 0.1) is 19.8 Å². The minimum absolute atomic E-state index is 0.319. The molecule has 1 aliphatic heterocycles. The molecule has 7 nitrogen and oxygen atoms in total. The number of nitrogens with zero attached hydrogens (tertiary/aromatic N) is 1. The van der Waals surface area contributed by atoms with Crippen molar-refractivity contribution < 1.29 is 23.9 Å². The molecule has 2 aromatic rings. The summed E-state index contributed by atoms with van der Waals surface area (Å²) in [5.41, 5.74) is 4.05. The van der Waals surface area contributed by atoms with Crippen LogP contribution >= 0.6 is 11.3 Å². The molecule has 0 spiro atoms. The number of methoxy groups -OCH3 is 2. The highest BCUT2D eigenvalue weighted by atomic mass is 32.1. The number of rotatable bonds is 7. The van der Waals surface area contributed by atoms with E-state index in [1.165, 1.54) is 25.6 Å². The molecule has 0 fully saturated rings. The second kappa shape index (κ2) is 10.7. The van der Waals surface area contributed by atoms with Gasteiger partial charge in [-0.05, 0) is 56.3 Å². The van der Waals surface area contributed by atoms with E-state index in [4.69, 9.17) is 9.47 Å². The number of dihydropyridines is 1. The maximum Gasteiger partial charge on any atom is 0.336 e. The molecule has 0 saturated heterocycles. The molecule has 1 aromatic carbocycles. The Kier molecular flexibility index (Phi) is 7.64. The molecule has 1 N–H and O–H groups in total. The van der Waals surface area contributed by atoms with E-state index in [0.717, 1.165) is 34.9 Å². The molecule has 4 rings (SSSR count). The topological polar surface area (TPSA) is 84.9 Å². The molecule has 3 atom stereocenters. The average molecular weight is 509 g/mol. The number of carbonyl (C=O) groups is 3. The number of esters is 2. The Hall–Kier alpha value is -3.39. The average Bonchev–Trinajstić information content (AvgIpc) is 3.43. The number of ketones is 1. The number of ether oxygens (including phenoxy) is 2. The summed E-state index contributed by atoms with van der Waals surface area (Å²) in [5.74, 6) is -3.36. The summed E-state index contributed by atoms with van der Waals surface area (Å²) in [6, 6.07) is 11.8. The Morgan fingerprint density at radius 3 is 2.33 bits per heavy atom. The first-order chi connectivity index (χ1) is 17.4. The van der Waals surface area contributed by atoms with Crippen molar-refractivity contribution in [1.82, 2.24) is 5.32 Å². The summed E-state index contributed by atoms with van der Waals surface area (Å²) in [6.45, 7) is 7.76. The summed E-state index contributed by atoms with van der Waals surface area (Å²) >= 11 is 1.52. The van der Waals surface area contributed by atoms with Crippen molar-refractivity contribution in [1.29, 1.82) is 0 Å². The lowest BCUT2D eigenvalue weighted by atomic mass is 9.68. The highest BCUT2D eigenvalue weighted by Crippen LogP contribution is 2.48. The van der Waals surface area contributed by atoms with Crippen molar-refractivity contribution in [2.75, 3.05) is 32.2 Å². The van der Waals surface area contributed by atoms with Crippen LogP contribution in [0.5, 0.6) is 0 Å². The highest BCUT2D eigenvalue weighted by Gasteiger charge is 2.49. The van der Waals surface area contributed by atoms with E-state index in [1.807, 2.05) is 48.7 Å². The lowest BCUT2D eigenvalue weighted by molar-refractivity contribution is -0.149. The summed E-state index contributed by atoms with van der Waals surface area (Å²) in [7, 11) is 2.64. The van der Waals surface area contributed by atoms with E-state index in [1.54, 1.807) is 0 Å². The highest BCUT2D eigenvalue weighted by molar-refractivity contribution is 7.10. The van der Waals surface area contributed by atoms with Crippen LogP contribution < -0.4 is 10.2 Å². The van der Waals surface area contributed by atoms with Crippen molar-refractivity contribution in [3.05, 3.63) is 74.8 Å². The first kappa shape index (κ1) is 25.7. The van der Waals surface area contributed by atoms with E-state index >= 15 is 0 Å². The third-order valence-corrected chi connectivity index (χ3v) is 8.15. The summed E-state index contributed by atoms with van der Waals surface area (Å²) < 4.78 is 10.2. The van der Waals surface area contributed by atoms with E-state index in [0.29, 0.717) is 23.3 Å². The van der Waals surface area contributed by atoms with Gasteiger partial charge in [-0.2, -0.15) is 0 Å². The number of hydrogen-bond acceptors (Lipinski definition) is 8. The van der Waals surface area contributed by atoms with E-state index in [9.17, 15) is 14.4 Å². The Balaban J connectivity index is 1.86.